The molecule has 3 aromatic rings. The quantitative estimate of drug-likeness (QED) is 0.597. The lowest BCUT2D eigenvalue weighted by Crippen LogP contribution is -1.86. The Hall–Kier alpha value is -2.10. The van der Waals surface area contributed by atoms with Crippen LogP contribution in [0.5, 0.6) is 0 Å². The number of hydrogen-bond acceptors (Lipinski definition) is 2. The first-order valence-electron chi connectivity index (χ1n) is 4.75. The normalized spacial score (nSPS) is 11.0. The van der Waals surface area contributed by atoms with Crippen molar-refractivity contribution in [2.75, 3.05) is 0 Å². The fourth-order valence-electron chi connectivity index (χ4n) is 1.67. The van der Waals surface area contributed by atoms with Crippen LogP contribution >= 0.6 is 0 Å². The highest BCUT2D eigenvalue weighted by molar-refractivity contribution is 5.67. The van der Waals surface area contributed by atoms with E-state index in [0.29, 0.717) is 0 Å². The summed E-state index contributed by atoms with van der Waals surface area (Å²) in [4.78, 5) is 0. The third-order valence-corrected chi connectivity index (χ3v) is 2.44. The Labute approximate surface area is 86.8 Å². The SMILES string of the molecule is Cn1cc(-c2ccn3nccc3c2)cn1. The minimum atomic E-state index is 1.09. The lowest BCUT2D eigenvalue weighted by atomic mass is 10.1. The van der Waals surface area contributed by atoms with Crippen LogP contribution in [0.4, 0.5) is 0 Å². The second-order valence-corrected chi connectivity index (χ2v) is 3.52. The highest BCUT2D eigenvalue weighted by atomic mass is 15.2. The molecule has 0 saturated carbocycles. The number of nitrogens with zero attached hydrogens (tertiary/aromatic N) is 4. The van der Waals surface area contributed by atoms with E-state index in [0.717, 1.165) is 16.6 Å². The van der Waals surface area contributed by atoms with Crippen LogP contribution in [0.15, 0.2) is 43.0 Å². The maximum absolute atomic E-state index is 4.15. The van der Waals surface area contributed by atoms with Gasteiger partial charge in [0, 0.05) is 31.2 Å². The summed E-state index contributed by atoms with van der Waals surface area (Å²) in [5.41, 5.74) is 3.38. The van der Waals surface area contributed by atoms with Gasteiger partial charge in [-0.3, -0.25) is 4.68 Å². The predicted molar refractivity (Wildman–Crippen MR) is 57.4 cm³/mol. The van der Waals surface area contributed by atoms with Crippen LogP contribution in [0, 0.1) is 0 Å². The fraction of sp³-hybridized carbons (Fsp3) is 0.0909. The highest BCUT2D eigenvalue weighted by Gasteiger charge is 2.01. The topological polar surface area (TPSA) is 35.1 Å². The number of hydrogen-bond donors (Lipinski definition) is 0. The molecule has 0 atom stereocenters. The van der Waals surface area contributed by atoms with Crippen molar-refractivity contribution < 1.29 is 0 Å². The van der Waals surface area contributed by atoms with Crippen molar-refractivity contribution in [1.29, 1.82) is 0 Å². The van der Waals surface area contributed by atoms with Gasteiger partial charge in [0.1, 0.15) is 0 Å². The zero-order chi connectivity index (χ0) is 10.3. The van der Waals surface area contributed by atoms with E-state index in [1.54, 1.807) is 10.9 Å². The van der Waals surface area contributed by atoms with Gasteiger partial charge in [0.05, 0.1) is 11.7 Å². The van der Waals surface area contributed by atoms with E-state index >= 15 is 0 Å². The summed E-state index contributed by atoms with van der Waals surface area (Å²) in [6, 6.07) is 6.13. The van der Waals surface area contributed by atoms with E-state index in [2.05, 4.69) is 16.3 Å². The van der Waals surface area contributed by atoms with Gasteiger partial charge in [-0.15, -0.1) is 0 Å². The maximum Gasteiger partial charge on any atom is 0.0667 e. The molecular formula is C11H10N4. The van der Waals surface area contributed by atoms with Crippen LogP contribution in [0.2, 0.25) is 0 Å². The molecule has 0 bridgehead atoms. The molecule has 0 aliphatic heterocycles. The molecule has 3 aromatic heterocycles. The number of fused-ring (bicyclic) bond motifs is 1. The fourth-order valence-corrected chi connectivity index (χ4v) is 1.67. The molecule has 4 heteroatoms. The summed E-state index contributed by atoms with van der Waals surface area (Å²) in [5.74, 6) is 0. The van der Waals surface area contributed by atoms with E-state index in [9.17, 15) is 0 Å². The zero-order valence-corrected chi connectivity index (χ0v) is 8.33. The monoisotopic (exact) mass is 198 g/mol. The first-order chi connectivity index (χ1) is 7.33. The Morgan fingerprint density at radius 3 is 2.87 bits per heavy atom. The second kappa shape index (κ2) is 2.95. The Balaban J connectivity index is 2.18. The van der Waals surface area contributed by atoms with E-state index in [4.69, 9.17) is 0 Å². The molecule has 74 valence electrons. The van der Waals surface area contributed by atoms with Gasteiger partial charge >= 0.3 is 0 Å². The molecule has 0 radical (unpaired) electrons. The van der Waals surface area contributed by atoms with Crippen molar-refractivity contribution in [2.24, 2.45) is 7.05 Å². The van der Waals surface area contributed by atoms with E-state index in [1.807, 2.05) is 42.3 Å². The summed E-state index contributed by atoms with van der Waals surface area (Å²) < 4.78 is 3.65. The molecule has 0 spiro atoms. The van der Waals surface area contributed by atoms with Crippen LogP contribution < -0.4 is 0 Å². The third-order valence-electron chi connectivity index (χ3n) is 2.44. The Bertz CT molecular complexity index is 606. The summed E-state index contributed by atoms with van der Waals surface area (Å²) in [6.45, 7) is 0. The Kier molecular flexibility index (Phi) is 1.62. The van der Waals surface area contributed by atoms with Gasteiger partial charge in [-0.1, -0.05) is 0 Å². The highest BCUT2D eigenvalue weighted by Crippen LogP contribution is 2.19. The lowest BCUT2D eigenvalue weighted by Gasteiger charge is -1.98. The standard InChI is InChI=1S/C11H10N4/c1-14-8-10(7-13-14)9-3-5-15-11(6-9)2-4-12-15/h2-8H,1H3. The van der Waals surface area contributed by atoms with Gasteiger partial charge in [-0.2, -0.15) is 10.2 Å². The van der Waals surface area contributed by atoms with Gasteiger partial charge in [-0.25, -0.2) is 4.52 Å². The summed E-state index contributed by atoms with van der Waals surface area (Å²) in [6.07, 6.45) is 7.62. The molecule has 0 amide bonds. The molecule has 0 unspecified atom stereocenters. The van der Waals surface area contributed by atoms with Crippen LogP contribution in [0.1, 0.15) is 0 Å². The van der Waals surface area contributed by atoms with Gasteiger partial charge in [0.15, 0.2) is 0 Å². The summed E-state index contributed by atoms with van der Waals surface area (Å²) in [5, 5.41) is 8.31. The molecule has 0 saturated heterocycles. The van der Waals surface area contributed by atoms with Crippen molar-refractivity contribution >= 4 is 5.52 Å². The minimum Gasteiger partial charge on any atom is -0.275 e. The van der Waals surface area contributed by atoms with Crippen molar-refractivity contribution in [3.05, 3.63) is 43.0 Å². The average molecular weight is 198 g/mol. The van der Waals surface area contributed by atoms with Crippen LogP contribution in [-0.2, 0) is 7.05 Å². The smallest absolute Gasteiger partial charge is 0.0667 e. The second-order valence-electron chi connectivity index (χ2n) is 3.52. The predicted octanol–water partition coefficient (Wildman–Crippen LogP) is 1.73. The molecule has 0 aliphatic rings. The number of pyridine rings is 1. The van der Waals surface area contributed by atoms with Crippen LogP contribution in [-0.4, -0.2) is 19.4 Å². The molecular weight excluding hydrogens is 188 g/mol. The summed E-state index contributed by atoms with van der Waals surface area (Å²) >= 11 is 0. The number of aryl methyl sites for hydroxylation is 1. The number of aromatic nitrogens is 4. The Morgan fingerprint density at radius 2 is 2.07 bits per heavy atom. The maximum atomic E-state index is 4.15. The zero-order valence-electron chi connectivity index (χ0n) is 8.33. The molecule has 4 nitrogen and oxygen atoms in total. The molecule has 0 fully saturated rings. The Morgan fingerprint density at radius 1 is 1.13 bits per heavy atom. The van der Waals surface area contributed by atoms with E-state index in [-0.39, 0.29) is 0 Å². The largest absolute Gasteiger partial charge is 0.275 e. The third kappa shape index (κ3) is 1.30. The molecule has 3 heterocycles. The molecule has 0 N–H and O–H groups in total. The molecule has 3 rings (SSSR count). The van der Waals surface area contributed by atoms with Gasteiger partial charge in [-0.05, 0) is 23.8 Å². The lowest BCUT2D eigenvalue weighted by molar-refractivity contribution is 0.768. The van der Waals surface area contributed by atoms with Gasteiger partial charge < -0.3 is 0 Å². The van der Waals surface area contributed by atoms with Crippen LogP contribution in [0.25, 0.3) is 16.6 Å². The van der Waals surface area contributed by atoms with Crippen molar-refractivity contribution in [1.82, 2.24) is 19.4 Å². The van der Waals surface area contributed by atoms with Gasteiger partial charge in [0.2, 0.25) is 0 Å². The van der Waals surface area contributed by atoms with Crippen molar-refractivity contribution in [3.8, 4) is 11.1 Å². The molecule has 15 heavy (non-hydrogen) atoms. The van der Waals surface area contributed by atoms with E-state index < -0.39 is 0 Å². The van der Waals surface area contributed by atoms with Gasteiger partial charge in [0.25, 0.3) is 0 Å². The van der Waals surface area contributed by atoms with Crippen molar-refractivity contribution in [3.63, 3.8) is 0 Å². The molecule has 0 aromatic carbocycles. The first-order valence-corrected chi connectivity index (χ1v) is 4.75. The van der Waals surface area contributed by atoms with Crippen molar-refractivity contribution in [2.45, 2.75) is 0 Å². The molecule has 0 aliphatic carbocycles. The van der Waals surface area contributed by atoms with E-state index in [1.165, 1.54) is 0 Å². The number of rotatable bonds is 1. The first kappa shape index (κ1) is 8.23. The van der Waals surface area contributed by atoms with Crippen LogP contribution in [0.3, 0.4) is 0 Å². The average Bonchev–Trinajstić information content (AvgIpc) is 2.84. The summed E-state index contributed by atoms with van der Waals surface area (Å²) in [7, 11) is 1.92. The minimum absolute atomic E-state index is 1.09.